The van der Waals surface area contributed by atoms with Crippen molar-refractivity contribution >= 4 is 22.8 Å². The Bertz CT molecular complexity index is 535. The van der Waals surface area contributed by atoms with E-state index in [-0.39, 0.29) is 0 Å². The van der Waals surface area contributed by atoms with Crippen molar-refractivity contribution in [2.45, 2.75) is 52.0 Å². The number of H-pyrrole nitrogens is 1. The molecule has 1 atom stereocenters. The molecule has 2 aromatic heterocycles. The highest BCUT2D eigenvalue weighted by Crippen LogP contribution is 2.21. The number of nitrogens with zero attached hydrogens (tertiary/aromatic N) is 3. The average molecular weight is 276 g/mol. The summed E-state index contributed by atoms with van der Waals surface area (Å²) < 4.78 is 0. The molecule has 6 nitrogen and oxygen atoms in total. The zero-order valence-electron chi connectivity index (χ0n) is 12.5. The van der Waals surface area contributed by atoms with Gasteiger partial charge in [0.05, 0.1) is 11.6 Å². The summed E-state index contributed by atoms with van der Waals surface area (Å²) in [7, 11) is 1.81. The smallest absolute Gasteiger partial charge is 0.226 e. The zero-order valence-corrected chi connectivity index (χ0v) is 12.5. The van der Waals surface area contributed by atoms with Crippen LogP contribution in [0.3, 0.4) is 0 Å². The Morgan fingerprint density at radius 1 is 1.25 bits per heavy atom. The molecule has 0 saturated carbocycles. The maximum Gasteiger partial charge on any atom is 0.226 e. The van der Waals surface area contributed by atoms with E-state index < -0.39 is 0 Å². The molecule has 110 valence electrons. The molecular weight excluding hydrogens is 252 g/mol. The minimum absolute atomic E-state index is 0.393. The van der Waals surface area contributed by atoms with Crippen LogP contribution in [-0.4, -0.2) is 33.3 Å². The molecule has 0 saturated heterocycles. The molecule has 1 unspecified atom stereocenters. The first kappa shape index (κ1) is 14.6. The van der Waals surface area contributed by atoms with E-state index in [0.29, 0.717) is 12.0 Å². The SMILES string of the molecule is CCCCCCC(C)Nc1nc(NC)nc2[nH]ncc12. The second kappa shape index (κ2) is 7.07. The van der Waals surface area contributed by atoms with E-state index in [1.165, 1.54) is 25.7 Å². The monoisotopic (exact) mass is 276 g/mol. The fourth-order valence-corrected chi connectivity index (χ4v) is 2.24. The number of anilines is 2. The molecule has 2 heterocycles. The quantitative estimate of drug-likeness (QED) is 0.645. The molecule has 0 aliphatic rings. The van der Waals surface area contributed by atoms with Gasteiger partial charge in [-0.05, 0) is 13.3 Å². The molecule has 3 N–H and O–H groups in total. The van der Waals surface area contributed by atoms with Gasteiger partial charge in [-0.2, -0.15) is 15.1 Å². The predicted octanol–water partition coefficient (Wildman–Crippen LogP) is 3.17. The van der Waals surface area contributed by atoms with Crippen molar-refractivity contribution in [2.24, 2.45) is 0 Å². The van der Waals surface area contributed by atoms with Crippen LogP contribution in [0, 0.1) is 0 Å². The normalized spacial score (nSPS) is 12.6. The first-order valence-corrected chi connectivity index (χ1v) is 7.40. The maximum absolute atomic E-state index is 4.48. The van der Waals surface area contributed by atoms with Crippen LogP contribution in [-0.2, 0) is 0 Å². The number of unbranched alkanes of at least 4 members (excludes halogenated alkanes) is 3. The van der Waals surface area contributed by atoms with Gasteiger partial charge in [0.2, 0.25) is 5.95 Å². The molecule has 0 aliphatic carbocycles. The molecule has 20 heavy (non-hydrogen) atoms. The Hall–Kier alpha value is -1.85. The Balaban J connectivity index is 2.02. The maximum atomic E-state index is 4.48. The Kier molecular flexibility index (Phi) is 5.15. The van der Waals surface area contributed by atoms with Crippen molar-refractivity contribution in [1.82, 2.24) is 20.2 Å². The van der Waals surface area contributed by atoms with Crippen LogP contribution < -0.4 is 10.6 Å². The van der Waals surface area contributed by atoms with Gasteiger partial charge < -0.3 is 10.6 Å². The molecule has 2 aromatic rings. The van der Waals surface area contributed by atoms with Gasteiger partial charge in [0.15, 0.2) is 5.65 Å². The minimum Gasteiger partial charge on any atom is -0.367 e. The van der Waals surface area contributed by atoms with E-state index >= 15 is 0 Å². The molecule has 0 aliphatic heterocycles. The first-order valence-electron chi connectivity index (χ1n) is 7.40. The van der Waals surface area contributed by atoms with Gasteiger partial charge in [-0.15, -0.1) is 0 Å². The fraction of sp³-hybridized carbons (Fsp3) is 0.643. The largest absolute Gasteiger partial charge is 0.367 e. The van der Waals surface area contributed by atoms with E-state index in [0.717, 1.165) is 23.3 Å². The lowest BCUT2D eigenvalue weighted by Crippen LogP contribution is -2.16. The van der Waals surface area contributed by atoms with Crippen molar-refractivity contribution in [1.29, 1.82) is 0 Å². The molecule has 2 rings (SSSR count). The second-order valence-corrected chi connectivity index (χ2v) is 5.17. The van der Waals surface area contributed by atoms with Crippen LogP contribution in [0.4, 0.5) is 11.8 Å². The third-order valence-electron chi connectivity index (χ3n) is 3.41. The highest BCUT2D eigenvalue weighted by Gasteiger charge is 2.11. The second-order valence-electron chi connectivity index (χ2n) is 5.17. The van der Waals surface area contributed by atoms with E-state index in [2.05, 4.69) is 44.6 Å². The van der Waals surface area contributed by atoms with E-state index in [4.69, 9.17) is 0 Å². The minimum atomic E-state index is 0.393. The lowest BCUT2D eigenvalue weighted by atomic mass is 10.1. The number of hydrogen-bond acceptors (Lipinski definition) is 5. The van der Waals surface area contributed by atoms with Crippen molar-refractivity contribution in [3.8, 4) is 0 Å². The van der Waals surface area contributed by atoms with Crippen molar-refractivity contribution in [3.63, 3.8) is 0 Å². The summed E-state index contributed by atoms with van der Waals surface area (Å²) in [6, 6.07) is 0.393. The van der Waals surface area contributed by atoms with Gasteiger partial charge >= 0.3 is 0 Å². The van der Waals surface area contributed by atoms with E-state index in [1.54, 1.807) is 6.20 Å². The number of rotatable bonds is 8. The van der Waals surface area contributed by atoms with Gasteiger partial charge in [-0.3, -0.25) is 5.10 Å². The molecule has 0 aromatic carbocycles. The van der Waals surface area contributed by atoms with Gasteiger partial charge in [0.1, 0.15) is 5.82 Å². The lowest BCUT2D eigenvalue weighted by Gasteiger charge is -2.15. The van der Waals surface area contributed by atoms with Gasteiger partial charge in [0, 0.05) is 13.1 Å². The van der Waals surface area contributed by atoms with Crippen LogP contribution >= 0.6 is 0 Å². The Morgan fingerprint density at radius 2 is 2.10 bits per heavy atom. The number of aromatic amines is 1. The van der Waals surface area contributed by atoms with Crippen LogP contribution in [0.25, 0.3) is 11.0 Å². The van der Waals surface area contributed by atoms with Gasteiger partial charge in [0.25, 0.3) is 0 Å². The van der Waals surface area contributed by atoms with E-state index in [9.17, 15) is 0 Å². The topological polar surface area (TPSA) is 78.5 Å². The summed E-state index contributed by atoms with van der Waals surface area (Å²) in [5, 5.41) is 14.3. The average Bonchev–Trinajstić information content (AvgIpc) is 2.92. The highest BCUT2D eigenvalue weighted by atomic mass is 15.2. The highest BCUT2D eigenvalue weighted by molar-refractivity contribution is 5.87. The molecule has 0 spiro atoms. The number of hydrogen-bond donors (Lipinski definition) is 3. The van der Waals surface area contributed by atoms with Gasteiger partial charge in [-0.25, -0.2) is 0 Å². The van der Waals surface area contributed by atoms with Crippen molar-refractivity contribution in [3.05, 3.63) is 6.20 Å². The summed E-state index contributed by atoms with van der Waals surface area (Å²) in [5.41, 5.74) is 0.755. The van der Waals surface area contributed by atoms with Crippen LogP contribution in [0.5, 0.6) is 0 Å². The van der Waals surface area contributed by atoms with E-state index in [1.807, 2.05) is 7.05 Å². The molecule has 0 fully saturated rings. The van der Waals surface area contributed by atoms with Crippen LogP contribution in [0.2, 0.25) is 0 Å². The number of nitrogens with one attached hydrogen (secondary N) is 3. The van der Waals surface area contributed by atoms with Crippen LogP contribution in [0.15, 0.2) is 6.20 Å². The fourth-order valence-electron chi connectivity index (χ4n) is 2.24. The summed E-state index contributed by atoms with van der Waals surface area (Å²) in [5.74, 6) is 1.44. The third-order valence-corrected chi connectivity index (χ3v) is 3.41. The first-order chi connectivity index (χ1) is 9.74. The predicted molar refractivity (Wildman–Crippen MR) is 83.1 cm³/mol. The molecule has 0 bridgehead atoms. The zero-order chi connectivity index (χ0) is 14.4. The Labute approximate surface area is 119 Å². The molecular formula is C14H24N6. The summed E-state index contributed by atoms with van der Waals surface area (Å²) >= 11 is 0. The number of aromatic nitrogens is 4. The number of fused-ring (bicyclic) bond motifs is 1. The lowest BCUT2D eigenvalue weighted by molar-refractivity contribution is 0.593. The summed E-state index contributed by atoms with van der Waals surface area (Å²) in [6.07, 6.45) is 8.06. The Morgan fingerprint density at radius 3 is 2.85 bits per heavy atom. The third kappa shape index (κ3) is 3.59. The van der Waals surface area contributed by atoms with Crippen molar-refractivity contribution < 1.29 is 0 Å². The summed E-state index contributed by atoms with van der Waals surface area (Å²) in [4.78, 5) is 8.81. The van der Waals surface area contributed by atoms with Crippen LogP contribution in [0.1, 0.15) is 46.0 Å². The standard InChI is InChI=1S/C14H24N6/c1-4-5-6-7-8-10(2)17-12-11-9-16-20-13(11)19-14(15-3)18-12/h9-10H,4-8H2,1-3H3,(H3,15,16,17,18,19,20). The summed E-state index contributed by atoms with van der Waals surface area (Å²) in [6.45, 7) is 4.43. The van der Waals surface area contributed by atoms with Gasteiger partial charge in [-0.1, -0.05) is 32.6 Å². The molecule has 0 radical (unpaired) electrons. The molecule has 6 heteroatoms. The molecule has 0 amide bonds. The van der Waals surface area contributed by atoms with Crippen molar-refractivity contribution in [2.75, 3.05) is 17.7 Å².